The van der Waals surface area contributed by atoms with Crippen molar-refractivity contribution in [1.82, 2.24) is 14.4 Å². The van der Waals surface area contributed by atoms with E-state index in [2.05, 4.69) is 22.0 Å². The van der Waals surface area contributed by atoms with Crippen LogP contribution in [0.15, 0.2) is 18.2 Å². The van der Waals surface area contributed by atoms with Crippen LogP contribution in [0.5, 0.6) is 0 Å². The van der Waals surface area contributed by atoms with Crippen molar-refractivity contribution in [2.24, 2.45) is 7.05 Å². The van der Waals surface area contributed by atoms with E-state index in [1.54, 1.807) is 4.57 Å². The highest BCUT2D eigenvalue weighted by Crippen LogP contribution is 2.33. The first kappa shape index (κ1) is 19.4. The summed E-state index contributed by atoms with van der Waals surface area (Å²) in [6.45, 7) is 9.19. The Bertz CT molecular complexity index is 851. The molecule has 0 radical (unpaired) electrons. The van der Waals surface area contributed by atoms with E-state index in [0.717, 1.165) is 49.2 Å². The number of ether oxygens (including phenoxy) is 1. The van der Waals surface area contributed by atoms with Crippen LogP contribution in [0.2, 0.25) is 0 Å². The van der Waals surface area contributed by atoms with E-state index in [-0.39, 0.29) is 5.91 Å². The van der Waals surface area contributed by atoms with Crippen molar-refractivity contribution in [2.45, 2.75) is 13.8 Å². The summed E-state index contributed by atoms with van der Waals surface area (Å²) in [6, 6.07) is 5.86. The normalized spacial score (nSPS) is 15.9. The number of carbonyl (C=O) groups excluding carboxylic acids is 2. The second-order valence-corrected chi connectivity index (χ2v) is 7.00. The molecule has 1 fully saturated rings. The first-order valence-electron chi connectivity index (χ1n) is 9.37. The number of piperazine rings is 1. The van der Waals surface area contributed by atoms with Gasteiger partial charge in [0.1, 0.15) is 0 Å². The molecule has 1 amide bonds. The van der Waals surface area contributed by atoms with Crippen LogP contribution in [-0.4, -0.2) is 72.6 Å². The summed E-state index contributed by atoms with van der Waals surface area (Å²) >= 11 is 0. The van der Waals surface area contributed by atoms with Crippen molar-refractivity contribution >= 4 is 28.5 Å². The number of nitrogens with zero attached hydrogens (tertiary/aromatic N) is 3. The van der Waals surface area contributed by atoms with Crippen molar-refractivity contribution in [1.29, 1.82) is 0 Å². The number of fused-ring (bicyclic) bond motifs is 1. The number of aromatic nitrogens is 1. The summed E-state index contributed by atoms with van der Waals surface area (Å²) in [6.07, 6.45) is 0. The van der Waals surface area contributed by atoms with E-state index < -0.39 is 5.97 Å². The summed E-state index contributed by atoms with van der Waals surface area (Å²) in [4.78, 5) is 29.6. The maximum Gasteiger partial charge on any atom is 0.356 e. The van der Waals surface area contributed by atoms with Gasteiger partial charge in [0, 0.05) is 38.6 Å². The highest BCUT2D eigenvalue weighted by molar-refractivity contribution is 6.12. The van der Waals surface area contributed by atoms with Crippen molar-refractivity contribution in [3.63, 3.8) is 0 Å². The van der Waals surface area contributed by atoms with Gasteiger partial charge < -0.3 is 19.5 Å². The smallest absolute Gasteiger partial charge is 0.356 e. The van der Waals surface area contributed by atoms with Gasteiger partial charge in [-0.1, -0.05) is 19.1 Å². The zero-order valence-electron chi connectivity index (χ0n) is 16.5. The van der Waals surface area contributed by atoms with E-state index in [9.17, 15) is 9.59 Å². The van der Waals surface area contributed by atoms with Crippen molar-refractivity contribution in [3.8, 4) is 0 Å². The van der Waals surface area contributed by atoms with E-state index >= 15 is 0 Å². The van der Waals surface area contributed by atoms with E-state index in [1.807, 2.05) is 32.2 Å². The summed E-state index contributed by atoms with van der Waals surface area (Å²) in [7, 11) is 3.17. The molecule has 146 valence electrons. The molecule has 1 aliphatic heterocycles. The number of hydrogen-bond acceptors (Lipinski definition) is 5. The molecule has 0 aliphatic carbocycles. The predicted octanol–water partition coefficient (Wildman–Crippen LogP) is 1.85. The van der Waals surface area contributed by atoms with E-state index in [1.165, 1.54) is 7.11 Å². The monoisotopic (exact) mass is 372 g/mol. The summed E-state index contributed by atoms with van der Waals surface area (Å²) in [5.41, 5.74) is 2.80. The SMILES string of the molecule is CCN1CCN(CC(=O)Nc2c(C(=O)OC)n(C)c3cccc(C)c23)CC1. The Morgan fingerprint density at radius 1 is 1.15 bits per heavy atom. The van der Waals surface area contributed by atoms with Gasteiger partial charge in [-0.3, -0.25) is 9.69 Å². The molecule has 2 heterocycles. The maximum absolute atomic E-state index is 12.7. The van der Waals surface area contributed by atoms with Crippen LogP contribution in [0.1, 0.15) is 23.0 Å². The van der Waals surface area contributed by atoms with Gasteiger partial charge in [0.15, 0.2) is 5.69 Å². The summed E-state index contributed by atoms with van der Waals surface area (Å²) < 4.78 is 6.74. The van der Waals surface area contributed by atoms with Gasteiger partial charge >= 0.3 is 5.97 Å². The second kappa shape index (κ2) is 8.10. The maximum atomic E-state index is 12.7. The van der Waals surface area contributed by atoms with Gasteiger partial charge in [-0.15, -0.1) is 0 Å². The number of hydrogen-bond donors (Lipinski definition) is 1. The van der Waals surface area contributed by atoms with E-state index in [4.69, 9.17) is 4.74 Å². The molecule has 1 aliphatic rings. The average molecular weight is 372 g/mol. The molecule has 0 atom stereocenters. The number of methoxy groups -OCH3 is 1. The lowest BCUT2D eigenvalue weighted by Crippen LogP contribution is -2.48. The average Bonchev–Trinajstić information content (AvgIpc) is 2.94. The number of likely N-dealkylation sites (N-methyl/N-ethyl adjacent to an activating group) is 1. The molecule has 7 nitrogen and oxygen atoms in total. The minimum Gasteiger partial charge on any atom is -0.464 e. The molecule has 0 spiro atoms. The van der Waals surface area contributed by atoms with Crippen LogP contribution >= 0.6 is 0 Å². The Labute approximate surface area is 159 Å². The highest BCUT2D eigenvalue weighted by atomic mass is 16.5. The lowest BCUT2D eigenvalue weighted by atomic mass is 10.1. The fraction of sp³-hybridized carbons (Fsp3) is 0.500. The molecule has 1 N–H and O–H groups in total. The molecule has 0 unspecified atom stereocenters. The van der Waals surface area contributed by atoms with Crippen molar-refractivity contribution in [3.05, 3.63) is 29.5 Å². The second-order valence-electron chi connectivity index (χ2n) is 7.00. The summed E-state index contributed by atoms with van der Waals surface area (Å²) in [5.74, 6) is -0.569. The number of rotatable bonds is 5. The topological polar surface area (TPSA) is 66.8 Å². The quantitative estimate of drug-likeness (QED) is 0.812. The molecular formula is C20H28N4O3. The molecule has 0 bridgehead atoms. The standard InChI is InChI=1S/C20H28N4O3/c1-5-23-9-11-24(12-10-23)13-16(25)21-18-17-14(2)7-6-8-15(17)22(3)19(18)20(26)27-4/h6-8H,5,9-13H2,1-4H3,(H,21,25). The van der Waals surface area contributed by atoms with Gasteiger partial charge in [-0.25, -0.2) is 4.79 Å². The Hall–Kier alpha value is -2.38. The molecule has 1 aromatic carbocycles. The first-order chi connectivity index (χ1) is 13.0. The number of carbonyl (C=O) groups is 2. The zero-order valence-corrected chi connectivity index (χ0v) is 16.5. The molecule has 2 aromatic rings. The fourth-order valence-corrected chi connectivity index (χ4v) is 3.77. The van der Waals surface area contributed by atoms with Gasteiger partial charge in [-0.05, 0) is 25.1 Å². The predicted molar refractivity (Wildman–Crippen MR) is 106 cm³/mol. The zero-order chi connectivity index (χ0) is 19.6. The van der Waals surface area contributed by atoms with Crippen molar-refractivity contribution in [2.75, 3.05) is 51.7 Å². The largest absolute Gasteiger partial charge is 0.464 e. The van der Waals surface area contributed by atoms with Gasteiger partial charge in [0.2, 0.25) is 5.91 Å². The van der Waals surface area contributed by atoms with Gasteiger partial charge in [-0.2, -0.15) is 0 Å². The Morgan fingerprint density at radius 2 is 1.81 bits per heavy atom. The minimum atomic E-state index is -0.458. The minimum absolute atomic E-state index is 0.110. The number of amides is 1. The van der Waals surface area contributed by atoms with Crippen LogP contribution in [0.25, 0.3) is 10.9 Å². The van der Waals surface area contributed by atoms with Crippen LogP contribution in [0.3, 0.4) is 0 Å². The Balaban J connectivity index is 1.85. The van der Waals surface area contributed by atoms with Crippen LogP contribution in [0, 0.1) is 6.92 Å². The van der Waals surface area contributed by atoms with Gasteiger partial charge in [0.25, 0.3) is 0 Å². The highest BCUT2D eigenvalue weighted by Gasteiger charge is 2.25. The molecule has 1 saturated heterocycles. The fourth-order valence-electron chi connectivity index (χ4n) is 3.77. The third-order valence-corrected chi connectivity index (χ3v) is 5.36. The number of benzene rings is 1. The molecular weight excluding hydrogens is 344 g/mol. The number of esters is 1. The van der Waals surface area contributed by atoms with Gasteiger partial charge in [0.05, 0.1) is 24.9 Å². The number of aryl methyl sites for hydroxylation is 2. The summed E-state index contributed by atoms with van der Waals surface area (Å²) in [5, 5.41) is 3.87. The number of nitrogens with one attached hydrogen (secondary N) is 1. The molecule has 3 rings (SSSR count). The third-order valence-electron chi connectivity index (χ3n) is 5.36. The van der Waals surface area contributed by atoms with E-state index in [0.29, 0.717) is 17.9 Å². The molecule has 7 heteroatoms. The first-order valence-corrected chi connectivity index (χ1v) is 9.37. The Kier molecular flexibility index (Phi) is 5.82. The lowest BCUT2D eigenvalue weighted by Gasteiger charge is -2.33. The van der Waals surface area contributed by atoms with Crippen molar-refractivity contribution < 1.29 is 14.3 Å². The number of anilines is 1. The Morgan fingerprint density at radius 3 is 2.44 bits per heavy atom. The third kappa shape index (κ3) is 3.84. The lowest BCUT2D eigenvalue weighted by molar-refractivity contribution is -0.117. The van der Waals surface area contributed by atoms with Crippen LogP contribution in [-0.2, 0) is 16.6 Å². The van der Waals surface area contributed by atoms with Crippen LogP contribution < -0.4 is 5.32 Å². The van der Waals surface area contributed by atoms with Crippen LogP contribution in [0.4, 0.5) is 5.69 Å². The molecule has 1 aromatic heterocycles. The molecule has 0 saturated carbocycles. The molecule has 27 heavy (non-hydrogen) atoms.